The van der Waals surface area contributed by atoms with Gasteiger partial charge < -0.3 is 25.4 Å². The molecule has 0 aromatic carbocycles. The molecule has 0 aliphatic carbocycles. The largest absolute Gasteiger partial charge is 0.394 e. The van der Waals surface area contributed by atoms with Crippen molar-refractivity contribution in [1.29, 1.82) is 0 Å². The SMILES string of the molecule is CCCCCCCC(C)(CCC)SBSC1OC(CO)C(O)C(O)C1NC(C)=O. The van der Waals surface area contributed by atoms with Crippen LogP contribution in [-0.2, 0) is 9.53 Å². The summed E-state index contributed by atoms with van der Waals surface area (Å²) in [7, 11) is 0. The van der Waals surface area contributed by atoms with Crippen molar-refractivity contribution in [2.45, 2.75) is 114 Å². The monoisotopic (exact) mass is 449 g/mol. The van der Waals surface area contributed by atoms with E-state index in [1.807, 2.05) is 11.6 Å². The van der Waals surface area contributed by atoms with E-state index >= 15 is 0 Å². The molecule has 1 amide bonds. The third-order valence-electron chi connectivity index (χ3n) is 5.48. The number of hydrogen-bond donors (Lipinski definition) is 4. The van der Waals surface area contributed by atoms with Crippen LogP contribution in [-0.4, -0.2) is 68.2 Å². The lowest BCUT2D eigenvalue weighted by Gasteiger charge is -2.42. The molecule has 0 saturated carbocycles. The summed E-state index contributed by atoms with van der Waals surface area (Å²) < 4.78 is 6.00. The fourth-order valence-corrected chi connectivity index (χ4v) is 7.00. The number of amides is 1. The molecule has 1 aliphatic heterocycles. The van der Waals surface area contributed by atoms with E-state index in [0.717, 1.165) is 18.7 Å². The average molecular weight is 449 g/mol. The van der Waals surface area contributed by atoms with Crippen molar-refractivity contribution in [2.24, 2.45) is 0 Å². The highest BCUT2D eigenvalue weighted by atomic mass is 32.2. The van der Waals surface area contributed by atoms with Gasteiger partial charge in [0.25, 0.3) is 5.84 Å². The number of hydrogen-bond acceptors (Lipinski definition) is 7. The van der Waals surface area contributed by atoms with Crippen LogP contribution in [0.3, 0.4) is 0 Å². The van der Waals surface area contributed by atoms with Crippen LogP contribution in [0.4, 0.5) is 0 Å². The van der Waals surface area contributed by atoms with Gasteiger partial charge in [0.2, 0.25) is 5.91 Å². The highest BCUT2D eigenvalue weighted by Gasteiger charge is 2.44. The van der Waals surface area contributed by atoms with Crippen LogP contribution in [0.2, 0.25) is 0 Å². The molecule has 4 N–H and O–H groups in total. The van der Waals surface area contributed by atoms with Crippen molar-refractivity contribution >= 4 is 35.0 Å². The zero-order valence-corrected chi connectivity index (χ0v) is 20.1. The molecular formula is C20H40BNO5S2. The van der Waals surface area contributed by atoms with Gasteiger partial charge in [0.05, 0.1) is 12.6 Å². The predicted octanol–water partition coefficient (Wildman–Crippen LogP) is 2.58. The molecule has 1 saturated heterocycles. The third kappa shape index (κ3) is 9.39. The summed E-state index contributed by atoms with van der Waals surface area (Å²) in [6.45, 7) is 7.77. The molecule has 0 radical (unpaired) electrons. The van der Waals surface area contributed by atoms with Gasteiger partial charge >= 0.3 is 0 Å². The standard InChI is InChI=1S/C20H40BNO5S2/c1-5-7-8-9-10-12-20(4,11-6-2)29-21-28-19-16(22-14(3)24)18(26)17(25)15(13-23)27-19/h15-19,21,23,25-26H,5-13H2,1-4H3,(H,22,24). The second kappa shape index (κ2) is 14.2. The first-order valence-electron chi connectivity index (χ1n) is 10.9. The molecule has 0 spiro atoms. The summed E-state index contributed by atoms with van der Waals surface area (Å²) in [5.41, 5.74) is -0.516. The summed E-state index contributed by atoms with van der Waals surface area (Å²) in [4.78, 5) is 11.5. The molecule has 6 nitrogen and oxygen atoms in total. The highest BCUT2D eigenvalue weighted by Crippen LogP contribution is 2.38. The number of carbonyl (C=O) groups is 1. The Kier molecular flexibility index (Phi) is 13.3. The zero-order valence-electron chi connectivity index (χ0n) is 18.4. The number of aliphatic hydroxyl groups excluding tert-OH is 3. The second-order valence-corrected chi connectivity index (χ2v) is 11.2. The van der Waals surface area contributed by atoms with Crippen molar-refractivity contribution in [2.75, 3.05) is 6.61 Å². The van der Waals surface area contributed by atoms with Crippen molar-refractivity contribution in [3.63, 3.8) is 0 Å². The second-order valence-electron chi connectivity index (χ2n) is 8.23. The maximum atomic E-state index is 11.5. The molecule has 1 fully saturated rings. The van der Waals surface area contributed by atoms with Gasteiger partial charge in [-0.25, -0.2) is 0 Å². The van der Waals surface area contributed by atoms with Gasteiger partial charge in [-0.15, -0.1) is 0 Å². The van der Waals surface area contributed by atoms with E-state index in [1.54, 1.807) is 0 Å². The van der Waals surface area contributed by atoms with E-state index in [0.29, 0.717) is 0 Å². The lowest BCUT2D eigenvalue weighted by molar-refractivity contribution is -0.173. The third-order valence-corrected chi connectivity index (χ3v) is 8.33. The summed E-state index contributed by atoms with van der Waals surface area (Å²) >= 11 is 3.42. The fraction of sp³-hybridized carbons (Fsp3) is 0.950. The number of rotatable bonds is 14. The van der Waals surface area contributed by atoms with E-state index in [1.165, 1.54) is 57.1 Å². The Labute approximate surface area is 185 Å². The lowest BCUT2D eigenvalue weighted by Crippen LogP contribution is -2.63. The first kappa shape index (κ1) is 27.1. The number of ether oxygens (including phenoxy) is 1. The molecule has 170 valence electrons. The van der Waals surface area contributed by atoms with Gasteiger partial charge in [0.15, 0.2) is 0 Å². The normalized spacial score (nSPS) is 29.3. The summed E-state index contributed by atoms with van der Waals surface area (Å²) in [6.07, 6.45) is 6.58. The molecular weight excluding hydrogens is 409 g/mol. The van der Waals surface area contributed by atoms with Crippen molar-refractivity contribution in [3.05, 3.63) is 0 Å². The molecule has 0 aromatic rings. The van der Waals surface area contributed by atoms with E-state index < -0.39 is 29.8 Å². The molecule has 6 atom stereocenters. The van der Waals surface area contributed by atoms with Crippen LogP contribution in [0.1, 0.15) is 79.1 Å². The zero-order chi connectivity index (χ0) is 21.9. The Bertz CT molecular complexity index is 476. The maximum Gasteiger partial charge on any atom is 0.260 e. The lowest BCUT2D eigenvalue weighted by atomic mass is 9.97. The number of carbonyl (C=O) groups excluding carboxylic acids is 1. The Morgan fingerprint density at radius 1 is 1.10 bits per heavy atom. The first-order valence-corrected chi connectivity index (χ1v) is 13.0. The molecule has 0 aromatic heterocycles. The summed E-state index contributed by atoms with van der Waals surface area (Å²) in [6, 6.07) is -0.706. The van der Waals surface area contributed by atoms with Crippen LogP contribution in [0.25, 0.3) is 0 Å². The van der Waals surface area contributed by atoms with Crippen LogP contribution in [0.15, 0.2) is 0 Å². The Balaban J connectivity index is 2.63. The summed E-state index contributed by atoms with van der Waals surface area (Å²) in [5.74, 6) is 0.473. The minimum atomic E-state index is -1.23. The van der Waals surface area contributed by atoms with Crippen molar-refractivity contribution in [1.82, 2.24) is 5.32 Å². The number of unbranched alkanes of at least 4 members (excludes halogenated alkanes) is 4. The Morgan fingerprint density at radius 3 is 2.38 bits per heavy atom. The molecule has 0 bridgehead atoms. The average Bonchev–Trinajstić information content (AvgIpc) is 2.67. The van der Waals surface area contributed by atoms with Crippen LogP contribution in [0.5, 0.6) is 0 Å². The molecule has 6 unspecified atom stereocenters. The van der Waals surface area contributed by atoms with Crippen LogP contribution < -0.4 is 5.32 Å². The van der Waals surface area contributed by atoms with Gasteiger partial charge in [-0.3, -0.25) is 4.79 Å². The Hall–Kier alpha value is 0.0749. The molecule has 9 heteroatoms. The summed E-state index contributed by atoms with van der Waals surface area (Å²) in [5, 5.41) is 32.7. The van der Waals surface area contributed by atoms with E-state index in [-0.39, 0.29) is 17.3 Å². The maximum absolute atomic E-state index is 11.5. The minimum absolute atomic E-state index is 0.195. The number of aliphatic hydroxyl groups is 3. The van der Waals surface area contributed by atoms with E-state index in [9.17, 15) is 20.1 Å². The molecule has 29 heavy (non-hydrogen) atoms. The first-order chi connectivity index (χ1) is 13.8. The van der Waals surface area contributed by atoms with Crippen LogP contribution >= 0.6 is 23.2 Å². The van der Waals surface area contributed by atoms with Crippen molar-refractivity contribution < 1.29 is 24.9 Å². The highest BCUT2D eigenvalue weighted by molar-refractivity contribution is 8.51. The van der Waals surface area contributed by atoms with E-state index in [2.05, 4.69) is 26.1 Å². The topological polar surface area (TPSA) is 99.0 Å². The predicted molar refractivity (Wildman–Crippen MR) is 124 cm³/mol. The molecule has 1 heterocycles. The van der Waals surface area contributed by atoms with Gasteiger partial charge in [-0.2, -0.15) is 23.2 Å². The smallest absolute Gasteiger partial charge is 0.260 e. The number of nitrogens with one attached hydrogen (secondary N) is 1. The molecule has 1 aliphatic rings. The fourth-order valence-electron chi connectivity index (χ4n) is 3.76. The van der Waals surface area contributed by atoms with Gasteiger partial charge in [-0.05, 0) is 12.8 Å². The van der Waals surface area contributed by atoms with Gasteiger partial charge in [0, 0.05) is 11.7 Å². The van der Waals surface area contributed by atoms with Gasteiger partial charge in [-0.1, -0.05) is 59.3 Å². The molecule has 1 rings (SSSR count). The van der Waals surface area contributed by atoms with Crippen LogP contribution in [0, 0.1) is 0 Å². The Morgan fingerprint density at radius 2 is 1.79 bits per heavy atom. The van der Waals surface area contributed by atoms with E-state index in [4.69, 9.17) is 4.74 Å². The van der Waals surface area contributed by atoms with Crippen molar-refractivity contribution in [3.8, 4) is 0 Å². The quantitative estimate of drug-likeness (QED) is 0.239. The minimum Gasteiger partial charge on any atom is -0.394 e. The van der Waals surface area contributed by atoms with Gasteiger partial charge in [0.1, 0.15) is 23.7 Å².